The number of hydrogen-bond donors (Lipinski definition) is 1. The van der Waals surface area contributed by atoms with Crippen LogP contribution in [0.2, 0.25) is 0 Å². The second-order valence-corrected chi connectivity index (χ2v) is 6.89. The number of nitrogens with one attached hydrogen (secondary N) is 1. The van der Waals surface area contributed by atoms with Crippen molar-refractivity contribution >= 4 is 11.7 Å². The zero-order valence-corrected chi connectivity index (χ0v) is 13.0. The first-order valence-corrected chi connectivity index (χ1v) is 8.52. The molecule has 1 amide bonds. The third-order valence-corrected chi connectivity index (χ3v) is 4.81. The predicted molar refractivity (Wildman–Crippen MR) is 85.9 cm³/mol. The van der Waals surface area contributed by atoms with Gasteiger partial charge in [0.1, 0.15) is 5.82 Å². The van der Waals surface area contributed by atoms with Crippen molar-refractivity contribution < 1.29 is 4.79 Å². The molecule has 0 radical (unpaired) electrons. The van der Waals surface area contributed by atoms with E-state index in [1.165, 1.54) is 32.2 Å². The Morgan fingerprint density at radius 2 is 1.91 bits per heavy atom. The number of piperazine rings is 1. The number of carbonyl (C=O) groups is 1. The van der Waals surface area contributed by atoms with Crippen molar-refractivity contribution in [2.45, 2.75) is 31.7 Å². The van der Waals surface area contributed by atoms with Gasteiger partial charge in [0.05, 0.1) is 5.56 Å². The van der Waals surface area contributed by atoms with E-state index in [9.17, 15) is 4.79 Å². The lowest BCUT2D eigenvalue weighted by atomic mass is 10.2. The number of carbonyl (C=O) groups excluding carboxylic acids is 1. The molecular formula is C17H24N4O. The lowest BCUT2D eigenvalue weighted by Gasteiger charge is -2.34. The quantitative estimate of drug-likeness (QED) is 0.901. The summed E-state index contributed by atoms with van der Waals surface area (Å²) in [6, 6.07) is 4.42. The smallest absolute Gasteiger partial charge is 0.255 e. The van der Waals surface area contributed by atoms with E-state index in [0.29, 0.717) is 11.6 Å². The minimum Gasteiger partial charge on any atom is -0.367 e. The fraction of sp³-hybridized carbons (Fsp3) is 0.647. The summed E-state index contributed by atoms with van der Waals surface area (Å²) in [5, 5.41) is 3.35. The van der Waals surface area contributed by atoms with Gasteiger partial charge in [-0.05, 0) is 43.7 Å². The molecule has 4 rings (SSSR count). The highest BCUT2D eigenvalue weighted by molar-refractivity contribution is 5.94. The molecule has 3 aliphatic rings. The first-order chi connectivity index (χ1) is 10.8. The fourth-order valence-corrected chi connectivity index (χ4v) is 3.02. The molecule has 2 saturated carbocycles. The monoisotopic (exact) mass is 300 g/mol. The van der Waals surface area contributed by atoms with Crippen LogP contribution in [0.25, 0.3) is 0 Å². The SMILES string of the molecule is O=C(c1ccc(NC2CC2)nc1)N1CCN(CC2CC2)CC1. The van der Waals surface area contributed by atoms with Crippen molar-refractivity contribution in [3.05, 3.63) is 23.9 Å². The van der Waals surface area contributed by atoms with Gasteiger partial charge in [-0.15, -0.1) is 0 Å². The summed E-state index contributed by atoms with van der Waals surface area (Å²) in [7, 11) is 0. The van der Waals surface area contributed by atoms with E-state index in [1.54, 1.807) is 6.20 Å². The molecule has 3 fully saturated rings. The Bertz CT molecular complexity index is 528. The minimum atomic E-state index is 0.122. The maximum absolute atomic E-state index is 12.5. The summed E-state index contributed by atoms with van der Waals surface area (Å²) in [5.74, 6) is 1.93. The Morgan fingerprint density at radius 3 is 2.50 bits per heavy atom. The van der Waals surface area contributed by atoms with E-state index >= 15 is 0 Å². The average Bonchev–Trinajstić information content (AvgIpc) is 3.45. The highest BCUT2D eigenvalue weighted by atomic mass is 16.2. The lowest BCUT2D eigenvalue weighted by Crippen LogP contribution is -2.49. The summed E-state index contributed by atoms with van der Waals surface area (Å²) >= 11 is 0. The van der Waals surface area contributed by atoms with Crippen LogP contribution in [0.4, 0.5) is 5.82 Å². The van der Waals surface area contributed by atoms with Gasteiger partial charge in [0, 0.05) is 45.0 Å². The average molecular weight is 300 g/mol. The van der Waals surface area contributed by atoms with Crippen LogP contribution in [-0.4, -0.2) is 59.5 Å². The van der Waals surface area contributed by atoms with Crippen LogP contribution in [0.1, 0.15) is 36.0 Å². The van der Waals surface area contributed by atoms with Crippen molar-refractivity contribution in [2.24, 2.45) is 5.92 Å². The Labute approximate surface area is 131 Å². The molecule has 0 spiro atoms. The standard InChI is InChI=1S/C17H24N4O/c22-17(14-3-6-16(18-11-14)19-15-4-5-15)21-9-7-20(8-10-21)12-13-1-2-13/h3,6,11,13,15H,1-2,4-5,7-10,12H2,(H,18,19). The molecule has 1 N–H and O–H groups in total. The molecule has 0 atom stereocenters. The highest BCUT2D eigenvalue weighted by Gasteiger charge is 2.28. The largest absolute Gasteiger partial charge is 0.367 e. The van der Waals surface area contributed by atoms with Gasteiger partial charge in [-0.2, -0.15) is 0 Å². The number of hydrogen-bond acceptors (Lipinski definition) is 4. The van der Waals surface area contributed by atoms with Crippen LogP contribution in [0.15, 0.2) is 18.3 Å². The van der Waals surface area contributed by atoms with Crippen LogP contribution in [0, 0.1) is 5.92 Å². The molecule has 5 heteroatoms. The van der Waals surface area contributed by atoms with Gasteiger partial charge < -0.3 is 10.2 Å². The second kappa shape index (κ2) is 5.88. The Hall–Kier alpha value is -1.62. The van der Waals surface area contributed by atoms with E-state index in [4.69, 9.17) is 0 Å². The van der Waals surface area contributed by atoms with Gasteiger partial charge in [-0.1, -0.05) is 0 Å². The highest BCUT2D eigenvalue weighted by Crippen LogP contribution is 2.30. The van der Waals surface area contributed by atoms with Gasteiger partial charge in [0.15, 0.2) is 0 Å². The number of rotatable bonds is 5. The van der Waals surface area contributed by atoms with Gasteiger partial charge in [-0.3, -0.25) is 9.69 Å². The van der Waals surface area contributed by atoms with Crippen molar-refractivity contribution in [2.75, 3.05) is 38.0 Å². The molecular weight excluding hydrogens is 276 g/mol. The molecule has 22 heavy (non-hydrogen) atoms. The third kappa shape index (κ3) is 3.40. The number of aromatic nitrogens is 1. The minimum absolute atomic E-state index is 0.122. The molecule has 0 aromatic carbocycles. The first kappa shape index (κ1) is 14.0. The van der Waals surface area contributed by atoms with E-state index in [0.717, 1.165) is 37.9 Å². The zero-order valence-electron chi connectivity index (χ0n) is 13.0. The molecule has 5 nitrogen and oxygen atoms in total. The normalized spacial score (nSPS) is 22.6. The molecule has 0 bridgehead atoms. The molecule has 118 valence electrons. The van der Waals surface area contributed by atoms with Crippen LogP contribution >= 0.6 is 0 Å². The topological polar surface area (TPSA) is 48.5 Å². The van der Waals surface area contributed by atoms with Gasteiger partial charge in [0.2, 0.25) is 0 Å². The number of nitrogens with zero attached hydrogens (tertiary/aromatic N) is 3. The number of anilines is 1. The van der Waals surface area contributed by atoms with Crippen LogP contribution in [-0.2, 0) is 0 Å². The van der Waals surface area contributed by atoms with E-state index < -0.39 is 0 Å². The van der Waals surface area contributed by atoms with Crippen LogP contribution in [0.3, 0.4) is 0 Å². The van der Waals surface area contributed by atoms with Crippen molar-refractivity contribution in [1.82, 2.24) is 14.8 Å². The Morgan fingerprint density at radius 1 is 1.14 bits per heavy atom. The van der Waals surface area contributed by atoms with Crippen molar-refractivity contribution in [3.8, 4) is 0 Å². The van der Waals surface area contributed by atoms with E-state index in [1.807, 2.05) is 17.0 Å². The van der Waals surface area contributed by atoms with Gasteiger partial charge in [-0.25, -0.2) is 4.98 Å². The summed E-state index contributed by atoms with van der Waals surface area (Å²) in [5.41, 5.74) is 0.706. The summed E-state index contributed by atoms with van der Waals surface area (Å²) in [6.07, 6.45) is 6.96. The molecule has 1 aliphatic heterocycles. The second-order valence-electron chi connectivity index (χ2n) is 6.89. The molecule has 1 aromatic rings. The summed E-state index contributed by atoms with van der Waals surface area (Å²) in [6.45, 7) is 4.93. The fourth-order valence-electron chi connectivity index (χ4n) is 3.02. The molecule has 2 heterocycles. The van der Waals surface area contributed by atoms with Crippen LogP contribution < -0.4 is 5.32 Å². The maximum Gasteiger partial charge on any atom is 0.255 e. The zero-order chi connectivity index (χ0) is 14.9. The summed E-state index contributed by atoms with van der Waals surface area (Å²) in [4.78, 5) is 21.4. The van der Waals surface area contributed by atoms with Gasteiger partial charge in [0.25, 0.3) is 5.91 Å². The Kier molecular flexibility index (Phi) is 3.74. The van der Waals surface area contributed by atoms with Crippen molar-refractivity contribution in [3.63, 3.8) is 0 Å². The molecule has 0 unspecified atom stereocenters. The lowest BCUT2D eigenvalue weighted by molar-refractivity contribution is 0.0631. The molecule has 1 saturated heterocycles. The molecule has 2 aliphatic carbocycles. The van der Waals surface area contributed by atoms with Gasteiger partial charge >= 0.3 is 0 Å². The van der Waals surface area contributed by atoms with E-state index in [2.05, 4.69) is 15.2 Å². The maximum atomic E-state index is 12.5. The predicted octanol–water partition coefficient (Wildman–Crippen LogP) is 1.82. The Balaban J connectivity index is 1.30. The van der Waals surface area contributed by atoms with Crippen LogP contribution in [0.5, 0.6) is 0 Å². The third-order valence-electron chi connectivity index (χ3n) is 4.81. The van der Waals surface area contributed by atoms with Crippen molar-refractivity contribution in [1.29, 1.82) is 0 Å². The number of pyridine rings is 1. The molecule has 1 aromatic heterocycles. The van der Waals surface area contributed by atoms with E-state index in [-0.39, 0.29) is 5.91 Å². The number of amides is 1. The first-order valence-electron chi connectivity index (χ1n) is 8.52. The summed E-state index contributed by atoms with van der Waals surface area (Å²) < 4.78 is 0.